The lowest BCUT2D eigenvalue weighted by molar-refractivity contribution is -0.385. The van der Waals surface area contributed by atoms with Gasteiger partial charge in [-0.15, -0.1) is 0 Å². The predicted octanol–water partition coefficient (Wildman–Crippen LogP) is 1.55. The second kappa shape index (κ2) is 6.49. The van der Waals surface area contributed by atoms with E-state index in [9.17, 15) is 20.0 Å². The summed E-state index contributed by atoms with van der Waals surface area (Å²) in [5.41, 5.74) is -0.492. The Morgan fingerprint density at radius 2 is 2.43 bits per heavy atom. The summed E-state index contributed by atoms with van der Waals surface area (Å²) in [5, 5.41) is 19.9. The standard InChI is InChI=1S/C13H17N3O5/c1-15(7-9-3-2-4-21-8-9)12-11(13(17)18)5-10(6-14-12)16(19)20/h5-6,9H,2-4,7-8H2,1H3,(H,17,18). The van der Waals surface area contributed by atoms with Gasteiger partial charge in [0.05, 0.1) is 11.5 Å². The summed E-state index contributed by atoms with van der Waals surface area (Å²) in [5.74, 6) is -0.686. The fraction of sp³-hybridized carbons (Fsp3) is 0.538. The van der Waals surface area contributed by atoms with E-state index in [4.69, 9.17) is 4.74 Å². The first kappa shape index (κ1) is 15.2. The van der Waals surface area contributed by atoms with E-state index in [-0.39, 0.29) is 17.1 Å². The van der Waals surface area contributed by atoms with E-state index in [1.807, 2.05) is 0 Å². The van der Waals surface area contributed by atoms with Crippen molar-refractivity contribution in [3.8, 4) is 0 Å². The number of hydrogen-bond donors (Lipinski definition) is 1. The van der Waals surface area contributed by atoms with Crippen molar-refractivity contribution >= 4 is 17.5 Å². The van der Waals surface area contributed by atoms with Gasteiger partial charge >= 0.3 is 5.97 Å². The van der Waals surface area contributed by atoms with Crippen LogP contribution in [0, 0.1) is 16.0 Å². The number of aromatic nitrogens is 1. The molecule has 0 radical (unpaired) electrons. The molecule has 114 valence electrons. The van der Waals surface area contributed by atoms with Crippen LogP contribution in [0.1, 0.15) is 23.2 Å². The number of carboxylic acid groups (broad SMARTS) is 1. The van der Waals surface area contributed by atoms with Crippen LogP contribution in [0.25, 0.3) is 0 Å². The molecule has 0 aromatic carbocycles. The van der Waals surface area contributed by atoms with E-state index in [1.165, 1.54) is 0 Å². The molecule has 2 heterocycles. The second-order valence-corrected chi connectivity index (χ2v) is 5.09. The van der Waals surface area contributed by atoms with Crippen molar-refractivity contribution in [3.05, 3.63) is 27.9 Å². The van der Waals surface area contributed by atoms with E-state index in [0.29, 0.717) is 19.1 Å². The van der Waals surface area contributed by atoms with Gasteiger partial charge in [0.15, 0.2) is 0 Å². The van der Waals surface area contributed by atoms with E-state index >= 15 is 0 Å². The molecule has 8 heteroatoms. The van der Waals surface area contributed by atoms with Crippen LogP contribution in [0.15, 0.2) is 12.3 Å². The highest BCUT2D eigenvalue weighted by molar-refractivity contribution is 5.94. The van der Waals surface area contributed by atoms with Crippen LogP contribution < -0.4 is 4.90 Å². The lowest BCUT2D eigenvalue weighted by Crippen LogP contribution is -2.32. The normalized spacial score (nSPS) is 18.2. The predicted molar refractivity (Wildman–Crippen MR) is 74.7 cm³/mol. The van der Waals surface area contributed by atoms with Gasteiger partial charge in [0.2, 0.25) is 0 Å². The Kier molecular flexibility index (Phi) is 4.69. The SMILES string of the molecule is CN(CC1CCCOC1)c1ncc([N+](=O)[O-])cc1C(=O)O. The first-order valence-electron chi connectivity index (χ1n) is 6.65. The second-order valence-electron chi connectivity index (χ2n) is 5.09. The zero-order valence-corrected chi connectivity index (χ0v) is 11.7. The summed E-state index contributed by atoms with van der Waals surface area (Å²) in [7, 11) is 1.73. The zero-order valence-electron chi connectivity index (χ0n) is 11.7. The summed E-state index contributed by atoms with van der Waals surface area (Å²) < 4.78 is 5.39. The highest BCUT2D eigenvalue weighted by Gasteiger charge is 2.22. The molecule has 1 unspecified atom stereocenters. The number of anilines is 1. The van der Waals surface area contributed by atoms with Crippen molar-refractivity contribution in [3.63, 3.8) is 0 Å². The molecule has 1 atom stereocenters. The van der Waals surface area contributed by atoms with Crippen LogP contribution in [-0.4, -0.2) is 47.8 Å². The van der Waals surface area contributed by atoms with Crippen molar-refractivity contribution in [1.29, 1.82) is 0 Å². The molecular formula is C13H17N3O5. The molecule has 8 nitrogen and oxygen atoms in total. The third-order valence-electron chi connectivity index (χ3n) is 3.44. The fourth-order valence-electron chi connectivity index (χ4n) is 2.43. The molecule has 1 N–H and O–H groups in total. The van der Waals surface area contributed by atoms with Gasteiger partial charge in [-0.05, 0) is 18.8 Å². The molecule has 1 aliphatic heterocycles. The topological polar surface area (TPSA) is 106 Å². The molecule has 1 fully saturated rings. The first-order chi connectivity index (χ1) is 9.99. The van der Waals surface area contributed by atoms with Crippen LogP contribution in [0.2, 0.25) is 0 Å². The third-order valence-corrected chi connectivity index (χ3v) is 3.44. The molecule has 2 rings (SSSR count). The maximum Gasteiger partial charge on any atom is 0.339 e. The summed E-state index contributed by atoms with van der Waals surface area (Å²) >= 11 is 0. The minimum Gasteiger partial charge on any atom is -0.478 e. The minimum absolute atomic E-state index is 0.163. The average Bonchev–Trinajstić information content (AvgIpc) is 2.47. The van der Waals surface area contributed by atoms with Crippen molar-refractivity contribution in [1.82, 2.24) is 4.98 Å². The number of aromatic carboxylic acids is 1. The first-order valence-corrected chi connectivity index (χ1v) is 6.65. The molecule has 0 bridgehead atoms. The zero-order chi connectivity index (χ0) is 15.4. The molecule has 0 aliphatic carbocycles. The van der Waals surface area contributed by atoms with Crippen LogP contribution in [0.5, 0.6) is 0 Å². The van der Waals surface area contributed by atoms with E-state index in [2.05, 4.69) is 4.98 Å². The van der Waals surface area contributed by atoms with Gasteiger partial charge in [-0.3, -0.25) is 10.1 Å². The van der Waals surface area contributed by atoms with Gasteiger partial charge in [0.1, 0.15) is 17.6 Å². The van der Waals surface area contributed by atoms with Crippen molar-refractivity contribution in [2.45, 2.75) is 12.8 Å². The molecule has 1 aromatic rings. The fourth-order valence-corrected chi connectivity index (χ4v) is 2.43. The number of pyridine rings is 1. The lowest BCUT2D eigenvalue weighted by Gasteiger charge is -2.28. The number of nitro groups is 1. The smallest absolute Gasteiger partial charge is 0.339 e. The van der Waals surface area contributed by atoms with Crippen LogP contribution in [0.3, 0.4) is 0 Å². The Hall–Kier alpha value is -2.22. The molecule has 21 heavy (non-hydrogen) atoms. The van der Waals surface area contributed by atoms with Gasteiger partial charge < -0.3 is 14.7 Å². The Labute approximate surface area is 121 Å². The monoisotopic (exact) mass is 295 g/mol. The van der Waals surface area contributed by atoms with Gasteiger partial charge in [-0.2, -0.15) is 0 Å². The Bertz CT molecular complexity index is 543. The Morgan fingerprint density at radius 1 is 1.67 bits per heavy atom. The Balaban J connectivity index is 2.20. The summed E-state index contributed by atoms with van der Waals surface area (Å²) in [6, 6.07) is 1.04. The highest BCUT2D eigenvalue weighted by Crippen LogP contribution is 2.24. The molecule has 0 amide bonds. The maximum atomic E-state index is 11.3. The van der Waals surface area contributed by atoms with Crippen LogP contribution in [-0.2, 0) is 4.74 Å². The van der Waals surface area contributed by atoms with Gasteiger partial charge in [-0.1, -0.05) is 0 Å². The minimum atomic E-state index is -1.23. The maximum absolute atomic E-state index is 11.3. The molecular weight excluding hydrogens is 278 g/mol. The van der Waals surface area contributed by atoms with Gasteiger partial charge in [-0.25, -0.2) is 9.78 Å². The molecule has 1 saturated heterocycles. The summed E-state index contributed by atoms with van der Waals surface area (Å²) in [6.07, 6.45) is 3.08. The number of hydrogen-bond acceptors (Lipinski definition) is 6. The van der Waals surface area contributed by atoms with Crippen molar-refractivity contribution in [2.24, 2.45) is 5.92 Å². The summed E-state index contributed by atoms with van der Waals surface area (Å²) in [6.45, 7) is 2.00. The average molecular weight is 295 g/mol. The van der Waals surface area contributed by atoms with Gasteiger partial charge in [0.25, 0.3) is 5.69 Å². The van der Waals surface area contributed by atoms with E-state index < -0.39 is 10.9 Å². The Morgan fingerprint density at radius 3 is 3.00 bits per heavy atom. The third kappa shape index (κ3) is 3.66. The number of ether oxygens (including phenoxy) is 1. The molecule has 1 aromatic heterocycles. The quantitative estimate of drug-likeness (QED) is 0.648. The molecule has 0 saturated carbocycles. The lowest BCUT2D eigenvalue weighted by atomic mass is 10.0. The number of nitrogens with zero attached hydrogens (tertiary/aromatic N) is 3. The number of carboxylic acids is 1. The highest BCUT2D eigenvalue weighted by atomic mass is 16.6. The molecule has 0 spiro atoms. The van der Waals surface area contributed by atoms with Crippen molar-refractivity contribution in [2.75, 3.05) is 31.7 Å². The number of rotatable bonds is 5. The summed E-state index contributed by atoms with van der Waals surface area (Å²) in [4.78, 5) is 27.0. The van der Waals surface area contributed by atoms with Crippen molar-refractivity contribution < 1.29 is 19.6 Å². The number of carbonyl (C=O) groups is 1. The van der Waals surface area contributed by atoms with Crippen LogP contribution in [0.4, 0.5) is 11.5 Å². The van der Waals surface area contributed by atoms with Gasteiger partial charge in [0, 0.05) is 26.3 Å². The van der Waals surface area contributed by atoms with E-state index in [1.54, 1.807) is 11.9 Å². The van der Waals surface area contributed by atoms with Crippen LogP contribution >= 0.6 is 0 Å². The van der Waals surface area contributed by atoms with E-state index in [0.717, 1.165) is 31.7 Å². The molecule has 1 aliphatic rings. The largest absolute Gasteiger partial charge is 0.478 e.